The summed E-state index contributed by atoms with van der Waals surface area (Å²) in [6, 6.07) is 13.0. The minimum Gasteiger partial charge on any atom is -0.504 e. The number of aliphatic hydroxyl groups is 1. The molecular weight excluding hydrogens is 470 g/mol. The van der Waals surface area contributed by atoms with Gasteiger partial charge in [-0.2, -0.15) is 0 Å². The third kappa shape index (κ3) is 3.33. The van der Waals surface area contributed by atoms with Gasteiger partial charge in [0.15, 0.2) is 17.6 Å². The lowest BCUT2D eigenvalue weighted by Gasteiger charge is -2.61. The molecule has 6 rings (SSSR count). The van der Waals surface area contributed by atoms with Crippen molar-refractivity contribution in [2.45, 2.75) is 68.6 Å². The maximum Gasteiger partial charge on any atom is 0.314 e. The van der Waals surface area contributed by atoms with Crippen molar-refractivity contribution >= 4 is 11.8 Å². The fraction of sp³-hybridized carbons (Fsp3) is 0.467. The van der Waals surface area contributed by atoms with Gasteiger partial charge < -0.3 is 24.6 Å². The Bertz CT molecular complexity index is 1300. The molecule has 2 aromatic carbocycles. The second-order valence-corrected chi connectivity index (χ2v) is 11.2. The van der Waals surface area contributed by atoms with E-state index in [9.17, 15) is 19.8 Å². The van der Waals surface area contributed by atoms with Gasteiger partial charge >= 0.3 is 5.97 Å². The Kier molecular flexibility index (Phi) is 5.51. The highest BCUT2D eigenvalue weighted by Crippen LogP contribution is 2.65. The highest BCUT2D eigenvalue weighted by Gasteiger charge is 2.72. The topological polar surface area (TPSA) is 96.3 Å². The van der Waals surface area contributed by atoms with E-state index in [1.165, 1.54) is 0 Å². The number of phenols is 1. The van der Waals surface area contributed by atoms with E-state index in [4.69, 9.17) is 9.47 Å². The van der Waals surface area contributed by atoms with Crippen molar-refractivity contribution in [2.24, 2.45) is 5.92 Å². The number of nitrogens with zero attached hydrogens (tertiary/aromatic N) is 1. The summed E-state index contributed by atoms with van der Waals surface area (Å²) in [4.78, 5) is 28.3. The quantitative estimate of drug-likeness (QED) is 0.582. The zero-order valence-corrected chi connectivity index (χ0v) is 21.4. The first-order valence-electron chi connectivity index (χ1n) is 13.1. The van der Waals surface area contributed by atoms with Crippen LogP contribution in [0.15, 0.2) is 54.3 Å². The van der Waals surface area contributed by atoms with Gasteiger partial charge in [0.05, 0.1) is 16.9 Å². The molecule has 0 aromatic heterocycles. The number of aromatic hydroxyl groups is 1. The summed E-state index contributed by atoms with van der Waals surface area (Å²) in [5, 5.41) is 22.9. The molecule has 194 valence electrons. The minimum atomic E-state index is -1.11. The van der Waals surface area contributed by atoms with Crippen molar-refractivity contribution in [2.75, 3.05) is 13.6 Å². The number of hydrogen-bond acceptors (Lipinski definition) is 7. The number of ether oxygens (including phenoxy) is 2. The van der Waals surface area contributed by atoms with Crippen molar-refractivity contribution in [3.8, 4) is 11.5 Å². The highest BCUT2D eigenvalue weighted by molar-refractivity contribution is 5.89. The molecule has 4 aliphatic rings. The van der Waals surface area contributed by atoms with Crippen LogP contribution in [0, 0.1) is 5.92 Å². The van der Waals surface area contributed by atoms with Crippen molar-refractivity contribution in [1.29, 1.82) is 0 Å². The van der Waals surface area contributed by atoms with E-state index in [0.29, 0.717) is 30.8 Å². The molecule has 2 heterocycles. The Labute approximate surface area is 216 Å². The predicted molar refractivity (Wildman–Crippen MR) is 136 cm³/mol. The molecule has 2 bridgehead atoms. The van der Waals surface area contributed by atoms with Gasteiger partial charge in [-0.25, -0.2) is 0 Å². The summed E-state index contributed by atoms with van der Waals surface area (Å²) in [5.41, 5.74) is 0.906. The van der Waals surface area contributed by atoms with Crippen LogP contribution in [-0.2, 0) is 26.2 Å². The lowest BCUT2D eigenvalue weighted by molar-refractivity contribution is -0.170. The molecule has 0 saturated carbocycles. The van der Waals surface area contributed by atoms with Crippen molar-refractivity contribution in [1.82, 2.24) is 4.90 Å². The average Bonchev–Trinajstić information content (AvgIpc) is 3.25. The molecule has 2 aliphatic heterocycles. The number of piperidine rings is 1. The Balaban J connectivity index is 1.27. The third-order valence-corrected chi connectivity index (χ3v) is 9.26. The van der Waals surface area contributed by atoms with Crippen LogP contribution in [0.25, 0.3) is 0 Å². The maximum absolute atomic E-state index is 13.2. The van der Waals surface area contributed by atoms with Crippen molar-refractivity contribution in [3.63, 3.8) is 0 Å². The summed E-state index contributed by atoms with van der Waals surface area (Å²) in [5.74, 6) is -0.697. The highest BCUT2D eigenvalue weighted by atomic mass is 16.6. The first-order chi connectivity index (χ1) is 17.7. The average molecular weight is 504 g/mol. The van der Waals surface area contributed by atoms with Crippen molar-refractivity contribution in [3.05, 3.63) is 71.0 Å². The Morgan fingerprint density at radius 2 is 1.95 bits per heavy atom. The number of carbonyl (C=O) groups excluding carboxylic acids is 2. The zero-order chi connectivity index (χ0) is 26.1. The largest absolute Gasteiger partial charge is 0.504 e. The van der Waals surface area contributed by atoms with E-state index in [-0.39, 0.29) is 29.9 Å². The van der Waals surface area contributed by atoms with E-state index in [1.54, 1.807) is 19.1 Å². The fourth-order valence-electron chi connectivity index (χ4n) is 7.14. The van der Waals surface area contributed by atoms with Crippen LogP contribution in [0.4, 0.5) is 0 Å². The molecule has 37 heavy (non-hydrogen) atoms. The van der Waals surface area contributed by atoms with Crippen LogP contribution in [0.2, 0.25) is 0 Å². The van der Waals surface area contributed by atoms with E-state index in [2.05, 4.69) is 4.90 Å². The molecule has 2 aromatic rings. The summed E-state index contributed by atoms with van der Waals surface area (Å²) >= 11 is 0. The first kappa shape index (κ1) is 24.2. The van der Waals surface area contributed by atoms with Gasteiger partial charge in [-0.3, -0.25) is 9.59 Å². The number of Topliss-reactive ketones (excluding diaryl/α,β-unsaturated/α-hetero) is 1. The molecule has 1 spiro atoms. The summed E-state index contributed by atoms with van der Waals surface area (Å²) in [6.45, 7) is 4.31. The van der Waals surface area contributed by atoms with E-state index >= 15 is 0 Å². The van der Waals surface area contributed by atoms with Crippen LogP contribution < -0.4 is 4.74 Å². The molecule has 7 nitrogen and oxygen atoms in total. The van der Waals surface area contributed by atoms with Gasteiger partial charge in [0.2, 0.25) is 0 Å². The minimum absolute atomic E-state index is 0.0224. The number of likely N-dealkylation sites (N-methyl/N-ethyl adjacent to an activating group) is 1. The smallest absolute Gasteiger partial charge is 0.314 e. The van der Waals surface area contributed by atoms with Gasteiger partial charge in [0, 0.05) is 30.4 Å². The Hall–Kier alpha value is -3.16. The second kappa shape index (κ2) is 8.43. The van der Waals surface area contributed by atoms with Crippen LogP contribution in [0.5, 0.6) is 11.5 Å². The van der Waals surface area contributed by atoms with Gasteiger partial charge in [-0.05, 0) is 49.7 Å². The van der Waals surface area contributed by atoms with Crippen LogP contribution in [-0.4, -0.2) is 58.2 Å². The Morgan fingerprint density at radius 1 is 1.19 bits per heavy atom. The van der Waals surface area contributed by atoms with Crippen molar-refractivity contribution < 1.29 is 29.3 Å². The molecule has 0 amide bonds. The number of likely N-dealkylation sites (tertiary alicyclic amines) is 1. The van der Waals surface area contributed by atoms with E-state index in [1.807, 2.05) is 50.4 Å². The lowest BCUT2D eigenvalue weighted by atomic mass is 9.50. The molecular formula is C30H33NO6. The summed E-state index contributed by atoms with van der Waals surface area (Å²) in [7, 11) is 2.03. The zero-order valence-electron chi connectivity index (χ0n) is 21.4. The lowest BCUT2D eigenvalue weighted by Crippen LogP contribution is -2.74. The molecule has 2 aliphatic carbocycles. The third-order valence-electron chi connectivity index (χ3n) is 9.26. The van der Waals surface area contributed by atoms with Gasteiger partial charge in [0.25, 0.3) is 0 Å². The molecule has 0 radical (unpaired) electrons. The maximum atomic E-state index is 13.2. The number of phenolic OH excluding ortho intramolecular Hbond substituents is 1. The first-order valence-corrected chi connectivity index (χ1v) is 13.1. The molecule has 1 saturated heterocycles. The monoisotopic (exact) mass is 503 g/mol. The normalized spacial score (nSPS) is 31.0. The summed E-state index contributed by atoms with van der Waals surface area (Å²) < 4.78 is 12.3. The van der Waals surface area contributed by atoms with Crippen LogP contribution >= 0.6 is 0 Å². The molecule has 7 heteroatoms. The van der Waals surface area contributed by atoms with Gasteiger partial charge in [-0.15, -0.1) is 0 Å². The van der Waals surface area contributed by atoms with E-state index in [0.717, 1.165) is 23.2 Å². The second-order valence-electron chi connectivity index (χ2n) is 11.2. The number of benzene rings is 2. The predicted octanol–water partition coefficient (Wildman–Crippen LogP) is 3.61. The number of carbonyl (C=O) groups is 2. The van der Waals surface area contributed by atoms with E-state index < -0.39 is 29.0 Å². The number of hydrogen-bond donors (Lipinski definition) is 2. The van der Waals surface area contributed by atoms with Crippen LogP contribution in [0.1, 0.15) is 55.7 Å². The molecule has 6 atom stereocenters. The molecule has 2 unspecified atom stereocenters. The molecule has 1 fully saturated rings. The number of esters is 1. The fourth-order valence-corrected chi connectivity index (χ4v) is 7.14. The van der Waals surface area contributed by atoms with Gasteiger partial charge in [0.1, 0.15) is 11.5 Å². The standard InChI is InChI=1S/C30H33NO6/c1-17(15-22(33)18(2)19-7-5-4-6-8-19)28(34)36-23-11-12-30(35)24-16-20-9-10-21(32)26-25(20)29(30,27(23)37-26)13-14-31(24)3/h4-11,17-18,24,27,32,35H,12-16H2,1-3H3/t17-,18+,24-,27?,29?,30-/m1/s1. The van der Waals surface area contributed by atoms with Gasteiger partial charge in [-0.1, -0.05) is 50.2 Å². The Morgan fingerprint density at radius 3 is 2.70 bits per heavy atom. The number of ketones is 1. The molecule has 2 N–H and O–H groups in total. The number of rotatable bonds is 6. The summed E-state index contributed by atoms with van der Waals surface area (Å²) in [6.07, 6.45) is 2.71. The van der Waals surface area contributed by atoms with Crippen LogP contribution in [0.3, 0.4) is 0 Å². The SMILES string of the molecule is C[C@H](CC(=O)[C@@H](C)c1ccccc1)C(=O)OC1=CC[C@@]2(O)[C@H]3Cc4ccc(O)c5c4C2(CCN3C)C1O5.